The van der Waals surface area contributed by atoms with E-state index >= 15 is 0 Å². The molecule has 0 saturated heterocycles. The minimum absolute atomic E-state index is 0.720. The average Bonchev–Trinajstić information content (AvgIpc) is 2.96. The lowest BCUT2D eigenvalue weighted by molar-refractivity contribution is 0.622. The second-order valence-electron chi connectivity index (χ2n) is 4.66. The normalized spacial score (nSPS) is 15.2. The van der Waals surface area contributed by atoms with Gasteiger partial charge in [0.2, 0.25) is 0 Å². The van der Waals surface area contributed by atoms with Crippen LogP contribution in [-0.4, -0.2) is 16.1 Å². The summed E-state index contributed by atoms with van der Waals surface area (Å²) in [5.74, 6) is 0. The zero-order chi connectivity index (χ0) is 12.4. The molecule has 0 spiro atoms. The van der Waals surface area contributed by atoms with Crippen LogP contribution in [0.4, 0.5) is 0 Å². The quantitative estimate of drug-likeness (QED) is 0.825. The van der Waals surface area contributed by atoms with Crippen LogP contribution in [0.1, 0.15) is 29.5 Å². The molecule has 96 valence electrons. The number of halogens is 1. The molecule has 1 aliphatic rings. The van der Waals surface area contributed by atoms with Crippen LogP contribution in [0.3, 0.4) is 0 Å². The molecular weight excluding hydrogens is 310 g/mol. The Morgan fingerprint density at radius 1 is 1.44 bits per heavy atom. The van der Waals surface area contributed by atoms with Crippen molar-refractivity contribution in [3.05, 3.63) is 39.0 Å². The number of hydrogen-bond acceptors (Lipinski definition) is 3. The molecule has 3 nitrogen and oxygen atoms in total. The van der Waals surface area contributed by atoms with Crippen molar-refractivity contribution in [2.75, 3.05) is 6.54 Å². The molecule has 0 atom stereocenters. The Labute approximate surface area is 119 Å². The third kappa shape index (κ3) is 3.02. The molecule has 5 heteroatoms. The van der Waals surface area contributed by atoms with Gasteiger partial charge in [-0.3, -0.25) is 0 Å². The number of hydrogen-bond donors (Lipinski definition) is 1. The Morgan fingerprint density at radius 3 is 3.06 bits per heavy atom. The second kappa shape index (κ2) is 5.55. The van der Waals surface area contributed by atoms with Gasteiger partial charge in [0.1, 0.15) is 0 Å². The molecular formula is C13H16BrN3S. The van der Waals surface area contributed by atoms with Gasteiger partial charge in [-0.25, -0.2) is 4.98 Å². The number of rotatable bonds is 6. The van der Waals surface area contributed by atoms with E-state index in [1.807, 2.05) is 23.9 Å². The summed E-state index contributed by atoms with van der Waals surface area (Å²) in [4.78, 5) is 5.66. The van der Waals surface area contributed by atoms with Crippen molar-refractivity contribution < 1.29 is 0 Å². The number of nitrogens with one attached hydrogen (secondary N) is 1. The first-order valence-corrected chi connectivity index (χ1v) is 7.89. The summed E-state index contributed by atoms with van der Waals surface area (Å²) < 4.78 is 3.53. The van der Waals surface area contributed by atoms with Gasteiger partial charge in [-0.15, -0.1) is 11.3 Å². The first kappa shape index (κ1) is 12.4. The number of imidazole rings is 1. The molecule has 0 bridgehead atoms. The molecule has 1 fully saturated rings. The largest absolute Gasteiger partial charge is 0.330 e. The Hall–Kier alpha value is -0.650. The zero-order valence-electron chi connectivity index (χ0n) is 10.1. The highest BCUT2D eigenvalue weighted by atomic mass is 79.9. The number of aromatic nitrogens is 2. The SMILES string of the molecule is Brc1ccc(CCNCc2cncn2C2CC2)s1. The second-order valence-corrected chi connectivity index (χ2v) is 7.20. The molecule has 2 heterocycles. The number of thiophene rings is 1. The van der Waals surface area contributed by atoms with Crippen molar-refractivity contribution in [1.82, 2.24) is 14.9 Å². The van der Waals surface area contributed by atoms with Crippen LogP contribution in [0.5, 0.6) is 0 Å². The molecule has 1 saturated carbocycles. The van der Waals surface area contributed by atoms with E-state index in [2.05, 4.69) is 42.9 Å². The smallest absolute Gasteiger partial charge is 0.0951 e. The molecule has 18 heavy (non-hydrogen) atoms. The Balaban J connectivity index is 1.45. The summed E-state index contributed by atoms with van der Waals surface area (Å²) in [5, 5.41) is 3.50. The van der Waals surface area contributed by atoms with Gasteiger partial charge in [0.05, 0.1) is 15.8 Å². The van der Waals surface area contributed by atoms with E-state index in [1.54, 1.807) is 0 Å². The van der Waals surface area contributed by atoms with E-state index in [9.17, 15) is 0 Å². The molecule has 0 amide bonds. The Kier molecular flexibility index (Phi) is 3.82. The van der Waals surface area contributed by atoms with Gasteiger partial charge < -0.3 is 9.88 Å². The predicted molar refractivity (Wildman–Crippen MR) is 77.9 cm³/mol. The van der Waals surface area contributed by atoms with E-state index in [4.69, 9.17) is 0 Å². The van der Waals surface area contributed by atoms with Crippen molar-refractivity contribution in [2.45, 2.75) is 31.8 Å². The fourth-order valence-electron chi connectivity index (χ4n) is 2.06. The minimum atomic E-state index is 0.720. The lowest BCUT2D eigenvalue weighted by Crippen LogP contribution is -2.18. The molecule has 1 N–H and O–H groups in total. The lowest BCUT2D eigenvalue weighted by atomic mass is 10.3. The van der Waals surface area contributed by atoms with Crippen LogP contribution in [0, 0.1) is 0 Å². The monoisotopic (exact) mass is 325 g/mol. The van der Waals surface area contributed by atoms with Crippen molar-refractivity contribution in [2.24, 2.45) is 0 Å². The van der Waals surface area contributed by atoms with Crippen LogP contribution < -0.4 is 5.32 Å². The molecule has 0 radical (unpaired) electrons. The molecule has 2 aromatic rings. The van der Waals surface area contributed by atoms with Crippen LogP contribution in [0.2, 0.25) is 0 Å². The van der Waals surface area contributed by atoms with Gasteiger partial charge in [0.25, 0.3) is 0 Å². The topological polar surface area (TPSA) is 29.9 Å². The van der Waals surface area contributed by atoms with Gasteiger partial charge in [-0.05, 0) is 47.3 Å². The van der Waals surface area contributed by atoms with Crippen molar-refractivity contribution in [3.8, 4) is 0 Å². The maximum Gasteiger partial charge on any atom is 0.0951 e. The van der Waals surface area contributed by atoms with Crippen molar-refractivity contribution >= 4 is 27.3 Å². The van der Waals surface area contributed by atoms with Crippen LogP contribution in [0.25, 0.3) is 0 Å². The van der Waals surface area contributed by atoms with Gasteiger partial charge >= 0.3 is 0 Å². The van der Waals surface area contributed by atoms with E-state index < -0.39 is 0 Å². The maximum atomic E-state index is 4.24. The highest BCUT2D eigenvalue weighted by Gasteiger charge is 2.24. The molecule has 2 aromatic heterocycles. The summed E-state index contributed by atoms with van der Waals surface area (Å²) in [5.41, 5.74) is 1.31. The first-order valence-electron chi connectivity index (χ1n) is 6.28. The Bertz CT molecular complexity index is 516. The van der Waals surface area contributed by atoms with Crippen molar-refractivity contribution in [3.63, 3.8) is 0 Å². The van der Waals surface area contributed by atoms with Gasteiger partial charge in [0.15, 0.2) is 0 Å². The van der Waals surface area contributed by atoms with Gasteiger partial charge in [-0.1, -0.05) is 0 Å². The third-order valence-electron chi connectivity index (χ3n) is 3.17. The molecule has 0 aromatic carbocycles. The highest BCUT2D eigenvalue weighted by molar-refractivity contribution is 9.11. The van der Waals surface area contributed by atoms with Gasteiger partial charge in [-0.2, -0.15) is 0 Å². The van der Waals surface area contributed by atoms with Crippen LogP contribution in [0.15, 0.2) is 28.4 Å². The summed E-state index contributed by atoms with van der Waals surface area (Å²) >= 11 is 5.30. The van der Waals surface area contributed by atoms with E-state index in [0.717, 1.165) is 25.6 Å². The summed E-state index contributed by atoms with van der Waals surface area (Å²) in [7, 11) is 0. The Morgan fingerprint density at radius 2 is 2.33 bits per heavy atom. The number of nitrogens with zero attached hydrogens (tertiary/aromatic N) is 2. The van der Waals surface area contributed by atoms with E-state index in [1.165, 1.54) is 27.2 Å². The summed E-state index contributed by atoms with van der Waals surface area (Å²) in [6.07, 6.45) is 7.66. The lowest BCUT2D eigenvalue weighted by Gasteiger charge is -2.07. The van der Waals surface area contributed by atoms with Gasteiger partial charge in [0, 0.05) is 30.2 Å². The van der Waals surface area contributed by atoms with Crippen LogP contribution >= 0.6 is 27.3 Å². The fraction of sp³-hybridized carbons (Fsp3) is 0.462. The average molecular weight is 326 g/mol. The zero-order valence-corrected chi connectivity index (χ0v) is 12.5. The molecule has 0 unspecified atom stereocenters. The summed E-state index contributed by atoms with van der Waals surface area (Å²) in [6.45, 7) is 1.94. The highest BCUT2D eigenvalue weighted by Crippen LogP contribution is 2.35. The van der Waals surface area contributed by atoms with E-state index in [0.29, 0.717) is 0 Å². The third-order valence-corrected chi connectivity index (χ3v) is 4.85. The molecule has 3 rings (SSSR count). The molecule has 1 aliphatic carbocycles. The predicted octanol–water partition coefficient (Wildman–Crippen LogP) is 3.37. The molecule has 0 aliphatic heterocycles. The van der Waals surface area contributed by atoms with E-state index in [-0.39, 0.29) is 0 Å². The standard InChI is InChI=1S/C13H16BrN3S/c14-13-4-3-12(18-13)5-6-15-7-11-8-16-9-17(11)10-1-2-10/h3-4,8-10,15H,1-2,5-7H2. The maximum absolute atomic E-state index is 4.24. The fourth-order valence-corrected chi connectivity index (χ4v) is 3.55. The van der Waals surface area contributed by atoms with Crippen molar-refractivity contribution in [1.29, 1.82) is 0 Å². The summed E-state index contributed by atoms with van der Waals surface area (Å²) in [6, 6.07) is 5.02. The minimum Gasteiger partial charge on any atom is -0.330 e. The first-order chi connectivity index (χ1) is 8.83. The van der Waals surface area contributed by atoms with Crippen LogP contribution in [-0.2, 0) is 13.0 Å².